The van der Waals surface area contributed by atoms with Crippen LogP contribution in [-0.2, 0) is 19.2 Å². The number of para-hydroxylation sites is 2. The second kappa shape index (κ2) is 8.96. The second-order valence-corrected chi connectivity index (χ2v) is 11.6. The molecule has 3 aromatic carbocycles. The zero-order valence-corrected chi connectivity index (χ0v) is 22.2. The number of nitrogens with zero attached hydrogens (tertiary/aromatic N) is 2. The summed E-state index contributed by atoms with van der Waals surface area (Å²) in [6.07, 6.45) is 2.44. The van der Waals surface area contributed by atoms with Gasteiger partial charge >= 0.3 is 0 Å². The van der Waals surface area contributed by atoms with Gasteiger partial charge in [0, 0.05) is 5.92 Å². The number of aromatic hydroxyl groups is 1. The Morgan fingerprint density at radius 3 is 2.07 bits per heavy atom. The van der Waals surface area contributed by atoms with E-state index in [0.29, 0.717) is 23.4 Å². The largest absolute Gasteiger partial charge is 0.505 e. The van der Waals surface area contributed by atoms with Crippen molar-refractivity contribution in [3.05, 3.63) is 102 Å². The fourth-order valence-electron chi connectivity index (χ4n) is 7.75. The van der Waals surface area contributed by atoms with Crippen LogP contribution in [0.4, 0.5) is 15.8 Å². The number of imide groups is 2. The van der Waals surface area contributed by atoms with Crippen LogP contribution in [0.25, 0.3) is 0 Å². The highest BCUT2D eigenvalue weighted by molar-refractivity contribution is 6.25. The molecule has 4 aliphatic rings. The molecule has 7 rings (SSSR count). The number of anilines is 2. The summed E-state index contributed by atoms with van der Waals surface area (Å²) >= 11 is 0. The van der Waals surface area contributed by atoms with Gasteiger partial charge in [-0.3, -0.25) is 24.1 Å². The number of hydrogen-bond donors (Lipinski definition) is 1. The highest BCUT2D eigenvalue weighted by Crippen LogP contribution is 2.63. The highest BCUT2D eigenvalue weighted by atomic mass is 19.1. The molecule has 2 aliphatic carbocycles. The van der Waals surface area contributed by atoms with E-state index >= 15 is 0 Å². The Morgan fingerprint density at radius 2 is 1.44 bits per heavy atom. The van der Waals surface area contributed by atoms with E-state index < -0.39 is 52.5 Å². The number of fused-ring (bicyclic) bond motifs is 4. The minimum absolute atomic E-state index is 0.218. The molecule has 7 nitrogen and oxygen atoms in total. The molecule has 2 aliphatic heterocycles. The van der Waals surface area contributed by atoms with Crippen LogP contribution in [0.3, 0.4) is 0 Å². The first-order chi connectivity index (χ1) is 19.7. The maximum absolute atomic E-state index is 14.8. The number of carbonyl (C=O) groups excluding carboxylic acids is 4. The standard InChI is InChI=1S/C33H27FN2O5/c1-33-24(30(39)36(32(33)41)20-10-6-3-7-11-20)17-23-21(28(33)18-12-15-26(37)25(34)16-18)13-14-22-27(23)31(40)35(29(22)38)19-8-4-2-5-9-19/h2-13,15-16,22-24,27-28,37H,14,17H2,1H3. The van der Waals surface area contributed by atoms with Crippen LogP contribution in [-0.4, -0.2) is 28.7 Å². The monoisotopic (exact) mass is 550 g/mol. The summed E-state index contributed by atoms with van der Waals surface area (Å²) in [5, 5.41) is 9.93. The number of amides is 4. The Balaban J connectivity index is 1.38. The fourth-order valence-corrected chi connectivity index (χ4v) is 7.75. The number of phenols is 1. The van der Waals surface area contributed by atoms with E-state index in [1.54, 1.807) is 67.6 Å². The number of phenolic OH excluding ortho intramolecular Hbond substituents is 1. The van der Waals surface area contributed by atoms with Gasteiger partial charge in [-0.1, -0.05) is 54.1 Å². The van der Waals surface area contributed by atoms with E-state index in [4.69, 9.17) is 0 Å². The summed E-state index contributed by atoms with van der Waals surface area (Å²) in [5.41, 5.74) is 0.887. The number of halogens is 1. The first-order valence-electron chi connectivity index (χ1n) is 13.8. The van der Waals surface area contributed by atoms with E-state index in [2.05, 4.69) is 0 Å². The molecule has 8 heteroatoms. The molecule has 2 saturated heterocycles. The van der Waals surface area contributed by atoms with Crippen molar-refractivity contribution in [2.45, 2.75) is 25.7 Å². The quantitative estimate of drug-likeness (QED) is 0.367. The number of allylic oxidation sites excluding steroid dienone is 2. The van der Waals surface area contributed by atoms with E-state index in [9.17, 15) is 28.7 Å². The van der Waals surface area contributed by atoms with Gasteiger partial charge < -0.3 is 5.11 Å². The first-order valence-corrected chi connectivity index (χ1v) is 13.8. The predicted octanol–water partition coefficient (Wildman–Crippen LogP) is 4.97. The Bertz CT molecular complexity index is 1650. The molecule has 2 heterocycles. The molecule has 6 atom stereocenters. The topological polar surface area (TPSA) is 95.0 Å². The van der Waals surface area contributed by atoms with Gasteiger partial charge in [0.25, 0.3) is 0 Å². The van der Waals surface area contributed by atoms with Crippen LogP contribution < -0.4 is 9.80 Å². The van der Waals surface area contributed by atoms with Crippen LogP contribution in [0, 0.1) is 34.9 Å². The first kappa shape index (κ1) is 25.4. The molecule has 1 saturated carbocycles. The molecular weight excluding hydrogens is 523 g/mol. The smallest absolute Gasteiger partial charge is 0.241 e. The van der Waals surface area contributed by atoms with Crippen LogP contribution in [0.2, 0.25) is 0 Å². The zero-order chi connectivity index (χ0) is 28.6. The third kappa shape index (κ3) is 3.43. The normalized spacial score (nSPS) is 30.7. The van der Waals surface area contributed by atoms with Crippen LogP contribution in [0.1, 0.15) is 31.2 Å². The summed E-state index contributed by atoms with van der Waals surface area (Å²) in [4.78, 5) is 58.3. The Morgan fingerprint density at radius 1 is 0.805 bits per heavy atom. The van der Waals surface area contributed by atoms with Gasteiger partial charge in [-0.15, -0.1) is 0 Å². The van der Waals surface area contributed by atoms with Crippen molar-refractivity contribution >= 4 is 35.0 Å². The van der Waals surface area contributed by atoms with Crippen LogP contribution >= 0.6 is 0 Å². The van der Waals surface area contributed by atoms with Crippen LogP contribution in [0.5, 0.6) is 5.75 Å². The average Bonchev–Trinajstić information content (AvgIpc) is 3.35. The van der Waals surface area contributed by atoms with E-state index in [-0.39, 0.29) is 24.1 Å². The van der Waals surface area contributed by atoms with Crippen molar-refractivity contribution in [3.63, 3.8) is 0 Å². The molecule has 6 unspecified atom stereocenters. The molecule has 0 bridgehead atoms. The van der Waals surface area contributed by atoms with Crippen molar-refractivity contribution in [2.24, 2.45) is 29.1 Å². The van der Waals surface area contributed by atoms with Gasteiger partial charge in [0.2, 0.25) is 23.6 Å². The summed E-state index contributed by atoms with van der Waals surface area (Å²) in [7, 11) is 0. The van der Waals surface area contributed by atoms with Gasteiger partial charge in [0.05, 0.1) is 34.5 Å². The van der Waals surface area contributed by atoms with Gasteiger partial charge in [-0.25, -0.2) is 9.29 Å². The molecule has 0 spiro atoms. The molecule has 3 fully saturated rings. The highest BCUT2D eigenvalue weighted by Gasteiger charge is 2.67. The molecule has 206 valence electrons. The Kier molecular flexibility index (Phi) is 5.55. The number of hydrogen-bond acceptors (Lipinski definition) is 5. The molecule has 4 amide bonds. The van der Waals surface area contributed by atoms with Crippen molar-refractivity contribution in [3.8, 4) is 5.75 Å². The molecule has 0 aromatic heterocycles. The fraction of sp³-hybridized carbons (Fsp3) is 0.273. The van der Waals surface area contributed by atoms with E-state index in [1.165, 1.54) is 21.9 Å². The van der Waals surface area contributed by atoms with E-state index in [1.807, 2.05) is 12.1 Å². The summed E-state index contributed by atoms with van der Waals surface area (Å²) in [6, 6.07) is 21.5. The molecule has 41 heavy (non-hydrogen) atoms. The number of benzene rings is 3. The van der Waals surface area contributed by atoms with Crippen molar-refractivity contribution in [1.29, 1.82) is 0 Å². The molecular formula is C33H27FN2O5. The second-order valence-electron chi connectivity index (χ2n) is 11.6. The third-order valence-electron chi connectivity index (χ3n) is 9.61. The lowest BCUT2D eigenvalue weighted by Crippen LogP contribution is -2.48. The van der Waals surface area contributed by atoms with Gasteiger partial charge in [-0.05, 0) is 67.6 Å². The lowest BCUT2D eigenvalue weighted by molar-refractivity contribution is -0.131. The number of rotatable bonds is 3. The maximum Gasteiger partial charge on any atom is 0.241 e. The summed E-state index contributed by atoms with van der Waals surface area (Å²) in [6.45, 7) is 1.75. The maximum atomic E-state index is 14.8. The van der Waals surface area contributed by atoms with Crippen LogP contribution in [0.15, 0.2) is 90.5 Å². The molecule has 1 N–H and O–H groups in total. The average molecular weight is 551 g/mol. The lowest BCUT2D eigenvalue weighted by Gasteiger charge is -2.49. The van der Waals surface area contributed by atoms with Crippen molar-refractivity contribution in [2.75, 3.05) is 9.80 Å². The zero-order valence-electron chi connectivity index (χ0n) is 22.2. The Labute approximate surface area is 235 Å². The minimum atomic E-state index is -1.27. The van der Waals surface area contributed by atoms with Crippen molar-refractivity contribution in [1.82, 2.24) is 0 Å². The van der Waals surface area contributed by atoms with Gasteiger partial charge in [0.15, 0.2) is 11.6 Å². The molecule has 3 aromatic rings. The third-order valence-corrected chi connectivity index (χ3v) is 9.61. The minimum Gasteiger partial charge on any atom is -0.505 e. The predicted molar refractivity (Wildman–Crippen MR) is 148 cm³/mol. The van der Waals surface area contributed by atoms with Gasteiger partial charge in [-0.2, -0.15) is 0 Å². The van der Waals surface area contributed by atoms with Gasteiger partial charge in [0.1, 0.15) is 0 Å². The number of carbonyl (C=O) groups is 4. The Hall–Kier alpha value is -4.59. The summed E-state index contributed by atoms with van der Waals surface area (Å²) in [5.74, 6) is -6.03. The van der Waals surface area contributed by atoms with E-state index in [0.717, 1.165) is 5.57 Å². The van der Waals surface area contributed by atoms with Crippen molar-refractivity contribution < 1.29 is 28.7 Å². The molecule has 0 radical (unpaired) electrons. The summed E-state index contributed by atoms with van der Waals surface area (Å²) < 4.78 is 14.8. The SMILES string of the molecule is CC12C(=O)N(c3ccccc3)C(=O)C1CC1C(=CCC3C(=O)N(c4ccccc4)C(=O)C31)C2c1ccc(O)c(F)c1. The lowest BCUT2D eigenvalue weighted by atomic mass is 9.51.